The van der Waals surface area contributed by atoms with Crippen molar-refractivity contribution in [2.45, 2.75) is 19.8 Å². The van der Waals surface area contributed by atoms with Crippen molar-refractivity contribution in [1.82, 2.24) is 0 Å². The molecule has 2 aromatic carbocycles. The fraction of sp³-hybridized carbons (Fsp3) is 0.167. The number of aryl methyl sites for hydroxylation is 1. The number of aliphatic carboxylic acids is 2. The molecule has 2 rings (SSSR count). The third-order valence-corrected chi connectivity index (χ3v) is 3.31. The molecule has 0 saturated heterocycles. The van der Waals surface area contributed by atoms with Gasteiger partial charge < -0.3 is 10.2 Å². The van der Waals surface area contributed by atoms with Crippen molar-refractivity contribution in [2.24, 2.45) is 0 Å². The fourth-order valence-electron chi connectivity index (χ4n) is 2.40. The topological polar surface area (TPSA) is 91.7 Å². The van der Waals surface area contributed by atoms with Crippen molar-refractivity contribution in [1.29, 1.82) is 0 Å². The van der Waals surface area contributed by atoms with Crippen LogP contribution in [0.5, 0.6) is 0 Å². The van der Waals surface area contributed by atoms with E-state index in [4.69, 9.17) is 10.2 Å². The highest BCUT2D eigenvalue weighted by molar-refractivity contribution is 6.09. The predicted molar refractivity (Wildman–Crippen MR) is 83.7 cm³/mol. The summed E-state index contributed by atoms with van der Waals surface area (Å²) in [5, 5.41) is 17.8. The molecule has 0 unspecified atom stereocenters. The maximum Gasteiger partial charge on any atom is 0.307 e. The molecule has 5 nitrogen and oxygen atoms in total. The molecule has 118 valence electrons. The second-order valence-electron chi connectivity index (χ2n) is 5.38. The van der Waals surface area contributed by atoms with Crippen LogP contribution in [-0.4, -0.2) is 27.9 Å². The van der Waals surface area contributed by atoms with Crippen LogP contribution in [0.4, 0.5) is 0 Å². The fourth-order valence-corrected chi connectivity index (χ4v) is 2.40. The highest BCUT2D eigenvalue weighted by atomic mass is 16.4. The standard InChI is InChI=1S/C18H16O5/c1-11-3-2-4-14(5-11)18(23)15-7-12(9-16(19)20)6-13(8-15)10-17(21)22/h2-8H,9-10H2,1H3,(H,19,20)(H,21,22). The van der Waals surface area contributed by atoms with Crippen molar-refractivity contribution in [3.05, 3.63) is 70.3 Å². The second kappa shape index (κ2) is 6.87. The van der Waals surface area contributed by atoms with E-state index in [1.165, 1.54) is 18.2 Å². The number of rotatable bonds is 6. The van der Waals surface area contributed by atoms with Crippen LogP contribution < -0.4 is 0 Å². The Morgan fingerprint density at radius 2 is 1.39 bits per heavy atom. The summed E-state index contributed by atoms with van der Waals surface area (Å²) < 4.78 is 0. The van der Waals surface area contributed by atoms with Crippen LogP contribution >= 0.6 is 0 Å². The molecular weight excluding hydrogens is 296 g/mol. The Hall–Kier alpha value is -2.95. The van der Waals surface area contributed by atoms with Crippen LogP contribution in [0.2, 0.25) is 0 Å². The molecule has 0 aliphatic heterocycles. The summed E-state index contributed by atoms with van der Waals surface area (Å²) in [5.41, 5.74) is 2.53. The lowest BCUT2D eigenvalue weighted by atomic mass is 9.96. The van der Waals surface area contributed by atoms with Crippen molar-refractivity contribution in [3.8, 4) is 0 Å². The SMILES string of the molecule is Cc1cccc(C(=O)c2cc(CC(=O)O)cc(CC(=O)O)c2)c1. The van der Waals surface area contributed by atoms with Gasteiger partial charge in [-0.2, -0.15) is 0 Å². The minimum absolute atomic E-state index is 0.257. The van der Waals surface area contributed by atoms with E-state index in [0.717, 1.165) is 5.56 Å². The first-order valence-corrected chi connectivity index (χ1v) is 7.03. The summed E-state index contributed by atoms with van der Waals surface area (Å²) in [4.78, 5) is 34.4. The average Bonchev–Trinajstić information content (AvgIpc) is 2.44. The quantitative estimate of drug-likeness (QED) is 0.800. The van der Waals surface area contributed by atoms with Crippen molar-refractivity contribution >= 4 is 17.7 Å². The zero-order valence-corrected chi connectivity index (χ0v) is 12.6. The lowest BCUT2D eigenvalue weighted by Crippen LogP contribution is -2.08. The molecular formula is C18H16O5. The van der Waals surface area contributed by atoms with Gasteiger partial charge in [0.15, 0.2) is 5.78 Å². The molecule has 0 aliphatic carbocycles. The predicted octanol–water partition coefficient (Wildman–Crippen LogP) is 2.48. The zero-order chi connectivity index (χ0) is 17.0. The maximum absolute atomic E-state index is 12.6. The first-order chi connectivity index (χ1) is 10.8. The largest absolute Gasteiger partial charge is 0.481 e. The summed E-state index contributed by atoms with van der Waals surface area (Å²) in [6.07, 6.45) is -0.525. The second-order valence-corrected chi connectivity index (χ2v) is 5.38. The summed E-state index contributed by atoms with van der Waals surface area (Å²) >= 11 is 0. The molecule has 0 bridgehead atoms. The van der Waals surface area contributed by atoms with E-state index < -0.39 is 11.9 Å². The van der Waals surface area contributed by atoms with E-state index in [0.29, 0.717) is 22.3 Å². The number of benzene rings is 2. The third kappa shape index (κ3) is 4.51. The number of ketones is 1. The zero-order valence-electron chi connectivity index (χ0n) is 12.6. The summed E-state index contributed by atoms with van der Waals surface area (Å²) in [6.45, 7) is 1.87. The number of carbonyl (C=O) groups is 3. The Labute approximate surface area is 133 Å². The van der Waals surface area contributed by atoms with E-state index in [2.05, 4.69) is 0 Å². The van der Waals surface area contributed by atoms with Gasteiger partial charge in [-0.15, -0.1) is 0 Å². The normalized spacial score (nSPS) is 10.3. The molecule has 2 aromatic rings. The molecule has 0 heterocycles. The molecule has 0 aliphatic rings. The maximum atomic E-state index is 12.6. The van der Waals surface area contributed by atoms with Crippen LogP contribution in [-0.2, 0) is 22.4 Å². The van der Waals surface area contributed by atoms with Gasteiger partial charge in [0.1, 0.15) is 0 Å². The van der Waals surface area contributed by atoms with E-state index >= 15 is 0 Å². The van der Waals surface area contributed by atoms with Crippen LogP contribution in [0.3, 0.4) is 0 Å². The third-order valence-electron chi connectivity index (χ3n) is 3.31. The average molecular weight is 312 g/mol. The minimum atomic E-state index is -1.04. The Balaban J connectivity index is 2.45. The molecule has 0 saturated carbocycles. The molecule has 0 spiro atoms. The lowest BCUT2D eigenvalue weighted by Gasteiger charge is -2.08. The van der Waals surface area contributed by atoms with Gasteiger partial charge in [-0.1, -0.05) is 29.8 Å². The molecule has 0 amide bonds. The molecule has 0 radical (unpaired) electrons. The van der Waals surface area contributed by atoms with Crippen molar-refractivity contribution in [3.63, 3.8) is 0 Å². The van der Waals surface area contributed by atoms with Crippen LogP contribution in [0.15, 0.2) is 42.5 Å². The van der Waals surface area contributed by atoms with Gasteiger partial charge in [0.25, 0.3) is 0 Å². The number of carbonyl (C=O) groups excluding carboxylic acids is 1. The molecule has 23 heavy (non-hydrogen) atoms. The van der Waals surface area contributed by atoms with Crippen LogP contribution in [0, 0.1) is 6.92 Å². The van der Waals surface area contributed by atoms with E-state index in [1.807, 2.05) is 13.0 Å². The number of hydrogen-bond acceptors (Lipinski definition) is 3. The van der Waals surface area contributed by atoms with Crippen molar-refractivity contribution in [2.75, 3.05) is 0 Å². The van der Waals surface area contributed by atoms with Gasteiger partial charge >= 0.3 is 11.9 Å². The van der Waals surface area contributed by atoms with E-state index in [1.54, 1.807) is 18.2 Å². The highest BCUT2D eigenvalue weighted by Crippen LogP contribution is 2.17. The lowest BCUT2D eigenvalue weighted by molar-refractivity contribution is -0.137. The number of carboxylic acid groups (broad SMARTS) is 2. The molecule has 5 heteroatoms. The smallest absolute Gasteiger partial charge is 0.307 e. The van der Waals surface area contributed by atoms with Gasteiger partial charge in [0.2, 0.25) is 0 Å². The molecule has 0 fully saturated rings. The summed E-state index contributed by atoms with van der Waals surface area (Å²) in [5.74, 6) is -2.33. The van der Waals surface area contributed by atoms with Gasteiger partial charge in [-0.05, 0) is 36.2 Å². The van der Waals surface area contributed by atoms with Gasteiger partial charge in [-0.3, -0.25) is 14.4 Å². The Morgan fingerprint density at radius 1 is 0.826 bits per heavy atom. The van der Waals surface area contributed by atoms with Crippen LogP contribution in [0.1, 0.15) is 32.6 Å². The highest BCUT2D eigenvalue weighted by Gasteiger charge is 2.14. The first kappa shape index (κ1) is 16.4. The monoisotopic (exact) mass is 312 g/mol. The van der Waals surface area contributed by atoms with E-state index in [9.17, 15) is 14.4 Å². The number of carboxylic acids is 2. The minimum Gasteiger partial charge on any atom is -0.481 e. The Morgan fingerprint density at radius 3 is 1.87 bits per heavy atom. The molecule has 0 atom stereocenters. The van der Waals surface area contributed by atoms with E-state index in [-0.39, 0.29) is 18.6 Å². The van der Waals surface area contributed by atoms with Crippen molar-refractivity contribution < 1.29 is 24.6 Å². The first-order valence-electron chi connectivity index (χ1n) is 7.03. The van der Waals surface area contributed by atoms with Gasteiger partial charge in [-0.25, -0.2) is 0 Å². The summed E-state index contributed by atoms with van der Waals surface area (Å²) in [7, 11) is 0. The molecule has 0 aromatic heterocycles. The molecule has 2 N–H and O–H groups in total. The van der Waals surface area contributed by atoms with Crippen LogP contribution in [0.25, 0.3) is 0 Å². The Bertz CT molecular complexity index is 742. The van der Waals surface area contributed by atoms with Gasteiger partial charge in [0, 0.05) is 11.1 Å². The summed E-state index contributed by atoms with van der Waals surface area (Å²) in [6, 6.07) is 11.6. The van der Waals surface area contributed by atoms with Gasteiger partial charge in [0.05, 0.1) is 12.8 Å². The Kier molecular flexibility index (Phi) is 4.91. The number of hydrogen-bond donors (Lipinski definition) is 2.